The number of anilines is 1. The molecular weight excluding hydrogens is 300 g/mol. The number of carbonyl (C=O) groups excluding carboxylic acids is 1. The van der Waals surface area contributed by atoms with Gasteiger partial charge in [-0.25, -0.2) is 0 Å². The van der Waals surface area contributed by atoms with E-state index >= 15 is 0 Å². The number of methoxy groups -OCH3 is 1. The zero-order chi connectivity index (χ0) is 16.8. The Labute approximate surface area is 143 Å². The molecule has 2 N–H and O–H groups in total. The molecule has 0 saturated heterocycles. The molecule has 0 unspecified atom stereocenters. The van der Waals surface area contributed by atoms with E-state index in [0.717, 1.165) is 35.9 Å². The first-order valence-electron chi connectivity index (χ1n) is 8.46. The van der Waals surface area contributed by atoms with Gasteiger partial charge in [0.15, 0.2) is 0 Å². The Morgan fingerprint density at radius 1 is 1.17 bits per heavy atom. The van der Waals surface area contributed by atoms with E-state index < -0.39 is 0 Å². The van der Waals surface area contributed by atoms with Gasteiger partial charge in [-0.1, -0.05) is 30.3 Å². The zero-order valence-corrected chi connectivity index (χ0v) is 14.0. The predicted octanol–water partition coefficient (Wildman–Crippen LogP) is 3.22. The summed E-state index contributed by atoms with van der Waals surface area (Å²) in [5.74, 6) is 1.60. The second kappa shape index (κ2) is 7.97. The predicted molar refractivity (Wildman–Crippen MR) is 96.5 cm³/mol. The van der Waals surface area contributed by atoms with Gasteiger partial charge in [-0.3, -0.25) is 4.79 Å². The lowest BCUT2D eigenvalue weighted by atomic mass is 10.0. The van der Waals surface area contributed by atoms with E-state index in [9.17, 15) is 4.79 Å². The fraction of sp³-hybridized carbons (Fsp3) is 0.350. The van der Waals surface area contributed by atoms with Gasteiger partial charge >= 0.3 is 0 Å². The maximum Gasteiger partial charge on any atom is 0.238 e. The summed E-state index contributed by atoms with van der Waals surface area (Å²) in [5, 5.41) is 6.16. The second-order valence-electron chi connectivity index (χ2n) is 6.31. The van der Waals surface area contributed by atoms with Crippen molar-refractivity contribution in [2.45, 2.75) is 19.3 Å². The van der Waals surface area contributed by atoms with E-state index in [0.29, 0.717) is 6.54 Å². The summed E-state index contributed by atoms with van der Waals surface area (Å²) in [6.07, 6.45) is 3.35. The molecule has 4 heteroatoms. The highest BCUT2D eigenvalue weighted by molar-refractivity contribution is 5.92. The molecule has 2 aromatic rings. The Morgan fingerprint density at radius 3 is 2.67 bits per heavy atom. The van der Waals surface area contributed by atoms with Crippen LogP contribution >= 0.6 is 0 Å². The Balaban J connectivity index is 1.62. The third-order valence-corrected chi connectivity index (χ3v) is 4.22. The zero-order valence-electron chi connectivity index (χ0n) is 14.0. The highest BCUT2D eigenvalue weighted by Crippen LogP contribution is 2.27. The van der Waals surface area contributed by atoms with Gasteiger partial charge in [-0.15, -0.1) is 0 Å². The van der Waals surface area contributed by atoms with Gasteiger partial charge < -0.3 is 15.4 Å². The molecule has 24 heavy (non-hydrogen) atoms. The molecule has 0 aromatic heterocycles. The number of amides is 1. The molecule has 0 atom stereocenters. The largest absolute Gasteiger partial charge is 0.496 e. The Bertz CT molecular complexity index is 681. The molecule has 4 nitrogen and oxygen atoms in total. The number of benzene rings is 2. The van der Waals surface area contributed by atoms with Gasteiger partial charge in [0.1, 0.15) is 5.75 Å². The molecule has 1 saturated carbocycles. The standard InChI is InChI=1S/C20H24N2O2/c1-24-19-10-9-18(22-20(23)14-21-13-16-7-8-16)12-17(19)11-15-5-3-2-4-6-15/h2-6,9-10,12,16,21H,7-8,11,13-14H2,1H3,(H,22,23). The molecule has 0 heterocycles. The van der Waals surface area contributed by atoms with Crippen molar-refractivity contribution >= 4 is 11.6 Å². The molecule has 3 rings (SSSR count). The van der Waals surface area contributed by atoms with E-state index in [1.54, 1.807) is 7.11 Å². The number of nitrogens with one attached hydrogen (secondary N) is 2. The third kappa shape index (κ3) is 4.83. The minimum absolute atomic E-state index is 0.00789. The molecule has 0 aliphatic heterocycles. The molecule has 1 aliphatic carbocycles. The van der Waals surface area contributed by atoms with Crippen LogP contribution in [0.1, 0.15) is 24.0 Å². The van der Waals surface area contributed by atoms with Crippen molar-refractivity contribution in [2.24, 2.45) is 5.92 Å². The van der Waals surface area contributed by atoms with Gasteiger partial charge in [0.05, 0.1) is 13.7 Å². The van der Waals surface area contributed by atoms with Gasteiger partial charge in [-0.05, 0) is 49.1 Å². The van der Waals surface area contributed by atoms with Crippen LogP contribution in [-0.4, -0.2) is 26.1 Å². The van der Waals surface area contributed by atoms with E-state index in [1.165, 1.54) is 18.4 Å². The van der Waals surface area contributed by atoms with E-state index in [1.807, 2.05) is 36.4 Å². The van der Waals surface area contributed by atoms with Crippen LogP contribution in [0.3, 0.4) is 0 Å². The monoisotopic (exact) mass is 324 g/mol. The highest BCUT2D eigenvalue weighted by Gasteiger charge is 2.20. The second-order valence-corrected chi connectivity index (χ2v) is 6.31. The summed E-state index contributed by atoms with van der Waals surface area (Å²) < 4.78 is 5.45. The SMILES string of the molecule is COc1ccc(NC(=O)CNCC2CC2)cc1Cc1ccccc1. The third-order valence-electron chi connectivity index (χ3n) is 4.22. The van der Waals surface area contributed by atoms with Crippen LogP contribution in [0, 0.1) is 5.92 Å². The first kappa shape index (κ1) is 16.5. The fourth-order valence-electron chi connectivity index (χ4n) is 2.73. The number of carbonyl (C=O) groups is 1. The number of hydrogen-bond donors (Lipinski definition) is 2. The average molecular weight is 324 g/mol. The first-order chi connectivity index (χ1) is 11.7. The van der Waals surface area contributed by atoms with Crippen LogP contribution < -0.4 is 15.4 Å². The summed E-state index contributed by atoms with van der Waals surface area (Å²) in [4.78, 5) is 12.0. The van der Waals surface area contributed by atoms with Gasteiger partial charge in [-0.2, -0.15) is 0 Å². The van der Waals surface area contributed by atoms with Crippen LogP contribution in [-0.2, 0) is 11.2 Å². The van der Waals surface area contributed by atoms with Crippen molar-refractivity contribution in [3.05, 3.63) is 59.7 Å². The van der Waals surface area contributed by atoms with E-state index in [2.05, 4.69) is 22.8 Å². The smallest absolute Gasteiger partial charge is 0.238 e. The van der Waals surface area contributed by atoms with Crippen molar-refractivity contribution < 1.29 is 9.53 Å². The van der Waals surface area contributed by atoms with Crippen molar-refractivity contribution in [2.75, 3.05) is 25.5 Å². The number of hydrogen-bond acceptors (Lipinski definition) is 3. The lowest BCUT2D eigenvalue weighted by Crippen LogP contribution is -2.29. The molecule has 0 spiro atoms. The fourth-order valence-corrected chi connectivity index (χ4v) is 2.73. The van der Waals surface area contributed by atoms with Crippen LogP contribution in [0.4, 0.5) is 5.69 Å². The van der Waals surface area contributed by atoms with Crippen molar-refractivity contribution in [1.82, 2.24) is 5.32 Å². The Morgan fingerprint density at radius 2 is 1.96 bits per heavy atom. The summed E-state index contributed by atoms with van der Waals surface area (Å²) >= 11 is 0. The van der Waals surface area contributed by atoms with Crippen LogP contribution in [0.2, 0.25) is 0 Å². The lowest BCUT2D eigenvalue weighted by molar-refractivity contribution is -0.115. The van der Waals surface area contributed by atoms with Crippen molar-refractivity contribution in [3.8, 4) is 5.75 Å². The highest BCUT2D eigenvalue weighted by atomic mass is 16.5. The Kier molecular flexibility index (Phi) is 5.49. The molecule has 0 radical (unpaired) electrons. The minimum atomic E-state index is -0.00789. The van der Waals surface area contributed by atoms with Crippen LogP contribution in [0.5, 0.6) is 5.75 Å². The van der Waals surface area contributed by atoms with Crippen molar-refractivity contribution in [3.63, 3.8) is 0 Å². The maximum absolute atomic E-state index is 12.0. The molecule has 1 amide bonds. The molecular formula is C20H24N2O2. The molecule has 1 aliphatic rings. The van der Waals surface area contributed by atoms with Crippen LogP contribution in [0.25, 0.3) is 0 Å². The van der Waals surface area contributed by atoms with Gasteiger partial charge in [0.2, 0.25) is 5.91 Å². The quantitative estimate of drug-likeness (QED) is 0.784. The van der Waals surface area contributed by atoms with Crippen molar-refractivity contribution in [1.29, 1.82) is 0 Å². The lowest BCUT2D eigenvalue weighted by Gasteiger charge is -2.12. The van der Waals surface area contributed by atoms with Crippen LogP contribution in [0.15, 0.2) is 48.5 Å². The number of rotatable bonds is 8. The molecule has 1 fully saturated rings. The summed E-state index contributed by atoms with van der Waals surface area (Å²) in [7, 11) is 1.67. The topological polar surface area (TPSA) is 50.4 Å². The summed E-state index contributed by atoms with van der Waals surface area (Å²) in [5.41, 5.74) is 3.08. The minimum Gasteiger partial charge on any atom is -0.496 e. The first-order valence-corrected chi connectivity index (χ1v) is 8.46. The normalized spacial score (nSPS) is 13.5. The van der Waals surface area contributed by atoms with Gasteiger partial charge in [0, 0.05) is 17.7 Å². The van der Waals surface area contributed by atoms with E-state index in [-0.39, 0.29) is 5.91 Å². The molecule has 126 valence electrons. The summed E-state index contributed by atoms with van der Waals surface area (Å²) in [6.45, 7) is 1.30. The van der Waals surface area contributed by atoms with Gasteiger partial charge in [0.25, 0.3) is 0 Å². The average Bonchev–Trinajstić information content (AvgIpc) is 3.40. The number of ether oxygens (including phenoxy) is 1. The summed E-state index contributed by atoms with van der Waals surface area (Å²) in [6, 6.07) is 16.0. The maximum atomic E-state index is 12.0. The molecule has 0 bridgehead atoms. The molecule has 2 aromatic carbocycles. The Hall–Kier alpha value is -2.33. The van der Waals surface area contributed by atoms with E-state index in [4.69, 9.17) is 4.74 Å².